The molecule has 4 nitrogen and oxygen atoms in total. The van der Waals surface area contributed by atoms with E-state index in [1.807, 2.05) is 5.38 Å². The van der Waals surface area contributed by atoms with Crippen molar-refractivity contribution in [1.82, 2.24) is 15.0 Å². The minimum atomic E-state index is -0.0696. The summed E-state index contributed by atoms with van der Waals surface area (Å²) >= 11 is 6.59. The van der Waals surface area contributed by atoms with E-state index in [1.54, 1.807) is 11.3 Å². The summed E-state index contributed by atoms with van der Waals surface area (Å²) in [6.07, 6.45) is 0. The Morgan fingerprint density at radius 2 is 2.11 bits per heavy atom. The Kier molecular flexibility index (Phi) is 4.18. The zero-order valence-electron chi connectivity index (χ0n) is 10.4. The molecule has 0 saturated carbocycles. The molecule has 18 heavy (non-hydrogen) atoms. The Labute approximate surface area is 123 Å². The summed E-state index contributed by atoms with van der Waals surface area (Å²) < 4.78 is 5.14. The van der Waals surface area contributed by atoms with Crippen LogP contribution in [0.2, 0.25) is 0 Å². The molecular weight excluding hydrogens is 332 g/mol. The summed E-state index contributed by atoms with van der Waals surface area (Å²) in [6, 6.07) is -0.0696. The maximum atomic E-state index is 5.72. The number of nitrogens with one attached hydrogen (secondary N) is 1. The van der Waals surface area contributed by atoms with Crippen molar-refractivity contribution in [2.45, 2.75) is 32.2 Å². The van der Waals surface area contributed by atoms with Crippen LogP contribution in [0.4, 0.5) is 0 Å². The third-order valence-electron chi connectivity index (χ3n) is 2.61. The first kappa shape index (κ1) is 14.1. The molecule has 0 spiro atoms. The molecule has 0 radical (unpaired) electrons. The van der Waals surface area contributed by atoms with Gasteiger partial charge in [0.05, 0.1) is 16.6 Å². The molecule has 0 aliphatic carbocycles. The van der Waals surface area contributed by atoms with Gasteiger partial charge in [0.1, 0.15) is 0 Å². The largest absolute Gasteiger partial charge is 0.271 e. The van der Waals surface area contributed by atoms with Gasteiger partial charge in [-0.25, -0.2) is 5.43 Å². The SMILES string of the molecule is CC(C)(C)c1nnsc1C(NN)c1cscc1Br. The van der Waals surface area contributed by atoms with Gasteiger partial charge in [0.25, 0.3) is 0 Å². The highest BCUT2D eigenvalue weighted by molar-refractivity contribution is 9.10. The third kappa shape index (κ3) is 2.65. The smallest absolute Gasteiger partial charge is 0.0861 e. The van der Waals surface area contributed by atoms with Crippen LogP contribution in [0.1, 0.15) is 42.9 Å². The Bertz CT molecular complexity index is 529. The van der Waals surface area contributed by atoms with Crippen LogP contribution in [0.3, 0.4) is 0 Å². The number of hydrazine groups is 1. The van der Waals surface area contributed by atoms with Gasteiger partial charge in [0.2, 0.25) is 0 Å². The lowest BCUT2D eigenvalue weighted by Gasteiger charge is -2.21. The maximum absolute atomic E-state index is 5.72. The number of nitrogens with two attached hydrogens (primary N) is 1. The molecule has 2 aromatic rings. The van der Waals surface area contributed by atoms with Crippen LogP contribution in [0, 0.1) is 0 Å². The molecule has 98 valence electrons. The fraction of sp³-hybridized carbons (Fsp3) is 0.455. The van der Waals surface area contributed by atoms with E-state index >= 15 is 0 Å². The second-order valence-electron chi connectivity index (χ2n) is 5.01. The van der Waals surface area contributed by atoms with E-state index in [4.69, 9.17) is 5.84 Å². The number of hydrogen-bond acceptors (Lipinski definition) is 6. The molecule has 1 atom stereocenters. The predicted molar refractivity (Wildman–Crippen MR) is 79.8 cm³/mol. The quantitative estimate of drug-likeness (QED) is 0.661. The van der Waals surface area contributed by atoms with E-state index in [1.165, 1.54) is 11.5 Å². The van der Waals surface area contributed by atoms with E-state index in [0.717, 1.165) is 20.6 Å². The summed E-state index contributed by atoms with van der Waals surface area (Å²) in [5, 5.41) is 8.39. The number of hydrogen-bond donors (Lipinski definition) is 2. The average Bonchev–Trinajstić information content (AvgIpc) is 2.89. The van der Waals surface area contributed by atoms with Gasteiger partial charge in [-0.3, -0.25) is 5.84 Å². The molecule has 7 heteroatoms. The number of aromatic nitrogens is 2. The van der Waals surface area contributed by atoms with Crippen molar-refractivity contribution in [3.8, 4) is 0 Å². The number of thiophene rings is 1. The van der Waals surface area contributed by atoms with Crippen LogP contribution in [-0.2, 0) is 5.41 Å². The van der Waals surface area contributed by atoms with Gasteiger partial charge < -0.3 is 0 Å². The predicted octanol–water partition coefficient (Wildman–Crippen LogP) is 3.21. The second kappa shape index (κ2) is 5.34. The molecule has 0 aromatic carbocycles. The van der Waals surface area contributed by atoms with E-state index in [9.17, 15) is 0 Å². The average molecular weight is 347 g/mol. The Morgan fingerprint density at radius 1 is 1.39 bits per heavy atom. The summed E-state index contributed by atoms with van der Waals surface area (Å²) in [5.41, 5.74) is 4.94. The highest BCUT2D eigenvalue weighted by Gasteiger charge is 2.28. The first-order valence-electron chi connectivity index (χ1n) is 5.45. The lowest BCUT2D eigenvalue weighted by Crippen LogP contribution is -2.30. The fourth-order valence-corrected chi connectivity index (χ4v) is 4.21. The van der Waals surface area contributed by atoms with Gasteiger partial charge in [-0.1, -0.05) is 25.3 Å². The van der Waals surface area contributed by atoms with Crippen molar-refractivity contribution >= 4 is 38.8 Å². The topological polar surface area (TPSA) is 63.8 Å². The fourth-order valence-electron chi connectivity index (χ4n) is 1.71. The van der Waals surface area contributed by atoms with Crippen LogP contribution in [0.5, 0.6) is 0 Å². The van der Waals surface area contributed by atoms with Crippen LogP contribution in [0.25, 0.3) is 0 Å². The number of halogens is 1. The lowest BCUT2D eigenvalue weighted by atomic mass is 9.89. The first-order chi connectivity index (χ1) is 8.45. The summed E-state index contributed by atoms with van der Waals surface area (Å²) in [5.74, 6) is 5.72. The van der Waals surface area contributed by atoms with Crippen LogP contribution in [0.15, 0.2) is 15.2 Å². The standard InChI is InChI=1S/C11H15BrN4S2/c1-11(2,3)10-9(18-16-15-10)8(14-13)6-4-17-5-7(6)12/h4-5,8,14H,13H2,1-3H3. The summed E-state index contributed by atoms with van der Waals surface area (Å²) in [7, 11) is 0. The van der Waals surface area contributed by atoms with E-state index in [-0.39, 0.29) is 11.5 Å². The molecule has 2 aromatic heterocycles. The molecule has 3 N–H and O–H groups in total. The molecular formula is C11H15BrN4S2. The Hall–Kier alpha value is -0.340. The monoisotopic (exact) mass is 346 g/mol. The normalized spacial score (nSPS) is 13.8. The van der Waals surface area contributed by atoms with E-state index in [0.29, 0.717) is 0 Å². The number of rotatable bonds is 3. The molecule has 0 amide bonds. The first-order valence-corrected chi connectivity index (χ1v) is 7.96. The summed E-state index contributed by atoms with van der Waals surface area (Å²) in [4.78, 5) is 1.07. The maximum Gasteiger partial charge on any atom is 0.0861 e. The van der Waals surface area contributed by atoms with Crippen molar-refractivity contribution in [2.24, 2.45) is 5.84 Å². The van der Waals surface area contributed by atoms with Crippen molar-refractivity contribution in [3.05, 3.63) is 31.4 Å². The molecule has 0 fully saturated rings. The highest BCUT2D eigenvalue weighted by atomic mass is 79.9. The van der Waals surface area contributed by atoms with Gasteiger partial charge in [0.15, 0.2) is 0 Å². The molecule has 0 aliphatic rings. The van der Waals surface area contributed by atoms with Gasteiger partial charge in [0, 0.05) is 20.8 Å². The van der Waals surface area contributed by atoms with Gasteiger partial charge in [-0.2, -0.15) is 11.3 Å². The van der Waals surface area contributed by atoms with Crippen molar-refractivity contribution < 1.29 is 0 Å². The van der Waals surface area contributed by atoms with Crippen LogP contribution < -0.4 is 11.3 Å². The second-order valence-corrected chi connectivity index (χ2v) is 7.39. The zero-order valence-corrected chi connectivity index (χ0v) is 13.6. The minimum absolute atomic E-state index is 0.0417. The van der Waals surface area contributed by atoms with Crippen molar-refractivity contribution in [3.63, 3.8) is 0 Å². The van der Waals surface area contributed by atoms with Crippen molar-refractivity contribution in [2.75, 3.05) is 0 Å². The Balaban J connectivity index is 2.47. The molecule has 2 heterocycles. The Morgan fingerprint density at radius 3 is 2.61 bits per heavy atom. The lowest BCUT2D eigenvalue weighted by molar-refractivity contribution is 0.543. The molecule has 0 bridgehead atoms. The highest BCUT2D eigenvalue weighted by Crippen LogP contribution is 2.37. The third-order valence-corrected chi connectivity index (χ3v) is 5.15. The molecule has 0 saturated heterocycles. The molecule has 2 rings (SSSR count). The van der Waals surface area contributed by atoms with E-state index in [2.05, 4.69) is 57.1 Å². The van der Waals surface area contributed by atoms with Gasteiger partial charge in [-0.05, 0) is 32.8 Å². The van der Waals surface area contributed by atoms with Crippen molar-refractivity contribution in [1.29, 1.82) is 0 Å². The molecule has 1 unspecified atom stereocenters. The minimum Gasteiger partial charge on any atom is -0.271 e. The van der Waals surface area contributed by atoms with Gasteiger partial charge in [-0.15, -0.1) is 5.10 Å². The van der Waals surface area contributed by atoms with Crippen LogP contribution >= 0.6 is 38.8 Å². The summed E-state index contributed by atoms with van der Waals surface area (Å²) in [6.45, 7) is 6.39. The molecule has 0 aliphatic heterocycles. The van der Waals surface area contributed by atoms with Gasteiger partial charge >= 0.3 is 0 Å². The number of nitrogens with zero attached hydrogens (tertiary/aromatic N) is 2. The van der Waals surface area contributed by atoms with E-state index < -0.39 is 0 Å². The zero-order chi connectivity index (χ0) is 13.3. The van der Waals surface area contributed by atoms with Crippen LogP contribution in [-0.4, -0.2) is 9.59 Å².